The van der Waals surface area contributed by atoms with E-state index >= 15 is 0 Å². The predicted molar refractivity (Wildman–Crippen MR) is 129 cm³/mol. The molecule has 0 aliphatic carbocycles. The molecule has 3 rings (SSSR count). The first-order chi connectivity index (χ1) is 15.9. The summed E-state index contributed by atoms with van der Waals surface area (Å²) < 4.78 is 0. The highest BCUT2D eigenvalue weighted by Gasteiger charge is 2.40. The third-order valence-electron chi connectivity index (χ3n) is 4.84. The number of nitrogens with zero attached hydrogens (tertiary/aromatic N) is 1. The molecule has 8 nitrogen and oxygen atoms in total. The Hall–Kier alpha value is -2.85. The van der Waals surface area contributed by atoms with E-state index in [1.807, 2.05) is 17.8 Å². The second-order valence-electron chi connectivity index (χ2n) is 7.93. The van der Waals surface area contributed by atoms with Crippen LogP contribution in [-0.4, -0.2) is 69.5 Å². The second kappa shape index (κ2) is 12.0. The average molecular weight is 508 g/mol. The maximum Gasteiger partial charge on any atom is 0.336 e. The highest BCUT2D eigenvalue weighted by molar-refractivity contribution is 7.99. The molecule has 0 bridgehead atoms. The summed E-state index contributed by atoms with van der Waals surface area (Å²) >= 11 is 8.03. The molecular weight excluding hydrogens is 482 g/mol. The molecule has 34 heavy (non-hydrogen) atoms. The number of fused-ring (bicyclic) bond motifs is 2. The fourth-order valence-electron chi connectivity index (χ4n) is 3.24. The van der Waals surface area contributed by atoms with Gasteiger partial charge in [-0.05, 0) is 61.5 Å². The minimum absolute atomic E-state index is 0.798. The van der Waals surface area contributed by atoms with Gasteiger partial charge in [0.25, 0.3) is 0 Å². The predicted octanol–water partition coefficient (Wildman–Crippen LogP) is 3.94. The maximum absolute atomic E-state index is 10.3. The van der Waals surface area contributed by atoms with Crippen LogP contribution in [0.2, 0.25) is 5.02 Å². The van der Waals surface area contributed by atoms with Crippen molar-refractivity contribution in [2.24, 2.45) is 0 Å². The zero-order valence-electron chi connectivity index (χ0n) is 18.7. The summed E-state index contributed by atoms with van der Waals surface area (Å²) in [7, 11) is 4.21. The number of aliphatic hydroxyl groups is 1. The van der Waals surface area contributed by atoms with E-state index in [9.17, 15) is 14.4 Å². The van der Waals surface area contributed by atoms with Crippen LogP contribution >= 0.6 is 23.4 Å². The first-order valence-corrected chi connectivity index (χ1v) is 11.4. The Morgan fingerprint density at radius 2 is 1.56 bits per heavy atom. The number of carbonyl (C=O) groups is 3. The van der Waals surface area contributed by atoms with Crippen molar-refractivity contribution in [2.45, 2.75) is 34.7 Å². The molecule has 0 aromatic heterocycles. The topological polar surface area (TPSA) is 135 Å². The Kier molecular flexibility index (Phi) is 9.69. The third-order valence-corrected chi connectivity index (χ3v) is 6.23. The lowest BCUT2D eigenvalue weighted by Gasteiger charge is -2.22. The van der Waals surface area contributed by atoms with Crippen molar-refractivity contribution in [3.63, 3.8) is 0 Å². The largest absolute Gasteiger partial charge is 0.481 e. The molecule has 1 aliphatic rings. The number of hydrogen-bond acceptors (Lipinski definition) is 6. The van der Waals surface area contributed by atoms with Crippen molar-refractivity contribution in [2.75, 3.05) is 20.6 Å². The summed E-state index contributed by atoms with van der Waals surface area (Å²) in [4.78, 5) is 35.3. The smallest absolute Gasteiger partial charge is 0.336 e. The van der Waals surface area contributed by atoms with E-state index in [0.29, 0.717) is 0 Å². The van der Waals surface area contributed by atoms with Crippen LogP contribution in [-0.2, 0) is 14.4 Å². The summed E-state index contributed by atoms with van der Waals surface area (Å²) in [5, 5.41) is 34.6. The van der Waals surface area contributed by atoms with Crippen LogP contribution in [0.5, 0.6) is 0 Å². The number of benzene rings is 2. The van der Waals surface area contributed by atoms with E-state index in [4.69, 9.17) is 32.0 Å². The van der Waals surface area contributed by atoms with E-state index in [2.05, 4.69) is 61.5 Å². The lowest BCUT2D eigenvalue weighted by molar-refractivity contribution is -0.170. The van der Waals surface area contributed by atoms with Crippen LogP contribution in [0.25, 0.3) is 5.57 Å². The number of halogens is 1. The molecule has 0 saturated heterocycles. The van der Waals surface area contributed by atoms with Crippen LogP contribution in [0.4, 0.5) is 0 Å². The highest BCUT2D eigenvalue weighted by atomic mass is 35.5. The Morgan fingerprint density at radius 1 is 0.971 bits per heavy atom. The van der Waals surface area contributed by atoms with Crippen molar-refractivity contribution in [1.82, 2.24) is 4.90 Å². The number of aliphatic carboxylic acids is 3. The van der Waals surface area contributed by atoms with Gasteiger partial charge in [-0.2, -0.15) is 0 Å². The average Bonchev–Trinajstić information content (AvgIpc) is 2.72. The summed E-state index contributed by atoms with van der Waals surface area (Å²) in [6.07, 6.45) is 1.09. The van der Waals surface area contributed by atoms with E-state index in [1.165, 1.54) is 26.5 Å². The monoisotopic (exact) mass is 507 g/mol. The van der Waals surface area contributed by atoms with Crippen molar-refractivity contribution in [1.29, 1.82) is 0 Å². The van der Waals surface area contributed by atoms with Crippen molar-refractivity contribution in [3.8, 4) is 0 Å². The number of hydrogen-bond donors (Lipinski definition) is 4. The molecule has 0 spiro atoms. The zero-order chi connectivity index (χ0) is 25.5. The summed E-state index contributed by atoms with van der Waals surface area (Å²) in [5.41, 5.74) is 1.14. The maximum atomic E-state index is 10.3. The number of rotatable bonds is 8. The lowest BCUT2D eigenvalue weighted by Crippen LogP contribution is -2.42. The van der Waals surface area contributed by atoms with Gasteiger partial charge in [0.2, 0.25) is 0 Å². The van der Waals surface area contributed by atoms with Crippen LogP contribution in [0.15, 0.2) is 58.3 Å². The molecule has 182 valence electrons. The Balaban J connectivity index is 0.000000273. The first-order valence-electron chi connectivity index (χ1n) is 10.2. The van der Waals surface area contributed by atoms with Crippen LogP contribution in [0.3, 0.4) is 0 Å². The Labute approximate surface area is 206 Å². The molecule has 2 aromatic rings. The van der Waals surface area contributed by atoms with Crippen molar-refractivity contribution in [3.05, 3.63) is 64.7 Å². The van der Waals surface area contributed by atoms with Gasteiger partial charge in [-0.25, -0.2) is 4.79 Å². The van der Waals surface area contributed by atoms with Crippen molar-refractivity contribution >= 4 is 46.8 Å². The Bertz CT molecular complexity index is 1080. The molecule has 10 heteroatoms. The van der Waals surface area contributed by atoms with Crippen LogP contribution in [0.1, 0.15) is 30.4 Å². The molecule has 0 radical (unpaired) electrons. The molecule has 1 heterocycles. The van der Waals surface area contributed by atoms with Crippen LogP contribution in [0, 0.1) is 0 Å². The molecule has 0 fully saturated rings. The standard InChI is InChI=1S/C18H18ClNS.C6H8O7/c1-20(2)11-5-7-14-15-6-3-4-8-17(15)21-18-10-9-13(19)12-16(14)18;7-3(8)1-6(13,5(11)12)2-4(9)10/h3-4,6-10,12H,5,11H2,1-2H3;13H,1-2H2,(H,7,8)(H,9,10)(H,11,12)/b14-7-;. The van der Waals surface area contributed by atoms with Gasteiger partial charge < -0.3 is 25.3 Å². The van der Waals surface area contributed by atoms with Crippen LogP contribution < -0.4 is 0 Å². The second-order valence-corrected chi connectivity index (χ2v) is 9.45. The summed E-state index contributed by atoms with van der Waals surface area (Å²) in [6, 6.07) is 14.8. The summed E-state index contributed by atoms with van der Waals surface area (Å²) in [6.45, 7) is 1.05. The minimum Gasteiger partial charge on any atom is -0.481 e. The van der Waals surface area contributed by atoms with Gasteiger partial charge >= 0.3 is 17.9 Å². The molecule has 4 N–H and O–H groups in total. The first kappa shape index (κ1) is 27.4. The Morgan fingerprint density at radius 3 is 2.12 bits per heavy atom. The number of carboxylic acids is 3. The van der Waals surface area contributed by atoms with Gasteiger partial charge in [-0.15, -0.1) is 0 Å². The van der Waals surface area contributed by atoms with E-state index in [0.717, 1.165) is 18.0 Å². The van der Waals surface area contributed by atoms with Gasteiger partial charge in [0.05, 0.1) is 12.8 Å². The summed E-state index contributed by atoms with van der Waals surface area (Å²) in [5.74, 6) is -5.02. The SMILES string of the molecule is CN(C)CC/C=C1/c2ccccc2Sc2ccc(Cl)cc21.O=C(O)CC(O)(CC(=O)O)C(=O)O. The van der Waals surface area contributed by atoms with E-state index < -0.39 is 36.4 Å². The molecule has 0 saturated carbocycles. The van der Waals surface area contributed by atoms with E-state index in [-0.39, 0.29) is 0 Å². The molecule has 0 amide bonds. The van der Waals surface area contributed by atoms with Gasteiger partial charge in [0, 0.05) is 21.4 Å². The zero-order valence-corrected chi connectivity index (χ0v) is 20.3. The van der Waals surface area contributed by atoms with Gasteiger partial charge in [0.1, 0.15) is 0 Å². The normalized spacial score (nSPS) is 13.5. The number of carboxylic acid groups (broad SMARTS) is 3. The highest BCUT2D eigenvalue weighted by Crippen LogP contribution is 2.46. The molecular formula is C24H26ClNO7S. The van der Waals surface area contributed by atoms with E-state index in [1.54, 1.807) is 0 Å². The van der Waals surface area contributed by atoms with Gasteiger partial charge in [0.15, 0.2) is 5.60 Å². The fourth-order valence-corrected chi connectivity index (χ4v) is 4.50. The van der Waals surface area contributed by atoms with Gasteiger partial charge in [-0.3, -0.25) is 9.59 Å². The quantitative estimate of drug-likeness (QED) is 0.357. The molecule has 2 aromatic carbocycles. The minimum atomic E-state index is -2.74. The third kappa shape index (κ3) is 7.59. The molecule has 0 atom stereocenters. The fraction of sp³-hybridized carbons (Fsp3) is 0.292. The lowest BCUT2D eigenvalue weighted by atomic mass is 9.96. The molecule has 1 aliphatic heterocycles. The van der Waals surface area contributed by atoms with Crippen molar-refractivity contribution < 1.29 is 34.8 Å². The van der Waals surface area contributed by atoms with Gasteiger partial charge in [-0.1, -0.05) is 47.6 Å². The molecule has 0 unspecified atom stereocenters.